The summed E-state index contributed by atoms with van der Waals surface area (Å²) >= 11 is 0. The van der Waals surface area contributed by atoms with Crippen LogP contribution in [-0.2, 0) is 11.2 Å². The number of nitrogens with one attached hydrogen (secondary N) is 1. The first-order valence-electron chi connectivity index (χ1n) is 7.76. The molecule has 0 saturated carbocycles. The molecule has 118 valence electrons. The van der Waals surface area contributed by atoms with Gasteiger partial charge in [0.1, 0.15) is 5.52 Å². The van der Waals surface area contributed by atoms with Crippen LogP contribution in [0.25, 0.3) is 11.0 Å². The van der Waals surface area contributed by atoms with Crippen LogP contribution in [0.1, 0.15) is 18.5 Å². The molecule has 1 amide bonds. The molecule has 0 aliphatic rings. The molecule has 1 aromatic heterocycles. The summed E-state index contributed by atoms with van der Waals surface area (Å²) in [6.45, 7) is 1.93. The molecule has 0 saturated heterocycles. The van der Waals surface area contributed by atoms with Gasteiger partial charge in [0.15, 0.2) is 0 Å². The zero-order valence-electron chi connectivity index (χ0n) is 13.3. The highest BCUT2D eigenvalue weighted by Crippen LogP contribution is 2.26. The summed E-state index contributed by atoms with van der Waals surface area (Å²) < 4.78 is 1.88. The third kappa shape index (κ3) is 3.08. The van der Waals surface area contributed by atoms with E-state index in [1.54, 1.807) is 7.05 Å². The van der Waals surface area contributed by atoms with Crippen molar-refractivity contribution in [3.8, 4) is 0 Å². The summed E-state index contributed by atoms with van der Waals surface area (Å²) in [4.78, 5) is 12.2. The van der Waals surface area contributed by atoms with Gasteiger partial charge in [-0.15, -0.1) is 5.10 Å². The number of hydrogen-bond donors (Lipinski definition) is 1. The molecule has 2 aromatic carbocycles. The highest BCUT2D eigenvalue weighted by atomic mass is 16.1. The monoisotopic (exact) mass is 308 g/mol. The van der Waals surface area contributed by atoms with Gasteiger partial charge < -0.3 is 5.32 Å². The fourth-order valence-corrected chi connectivity index (χ4v) is 2.87. The topological polar surface area (TPSA) is 59.8 Å². The number of aromatic nitrogens is 3. The molecule has 23 heavy (non-hydrogen) atoms. The smallest absolute Gasteiger partial charge is 0.224 e. The maximum Gasteiger partial charge on any atom is 0.224 e. The molecule has 2 unspecified atom stereocenters. The summed E-state index contributed by atoms with van der Waals surface area (Å²) in [5.41, 5.74) is 2.96. The lowest BCUT2D eigenvalue weighted by Crippen LogP contribution is -2.33. The van der Waals surface area contributed by atoms with Gasteiger partial charge in [0.25, 0.3) is 0 Å². The minimum absolute atomic E-state index is 0.00510. The molecule has 3 aromatic rings. The Labute approximate surface area is 135 Å². The van der Waals surface area contributed by atoms with Crippen molar-refractivity contribution in [1.29, 1.82) is 0 Å². The number of carbonyl (C=O) groups is 1. The van der Waals surface area contributed by atoms with Crippen molar-refractivity contribution in [1.82, 2.24) is 20.3 Å². The van der Waals surface area contributed by atoms with Crippen LogP contribution >= 0.6 is 0 Å². The van der Waals surface area contributed by atoms with Crippen molar-refractivity contribution in [2.45, 2.75) is 19.4 Å². The molecule has 0 radical (unpaired) electrons. The lowest BCUT2D eigenvalue weighted by Gasteiger charge is -2.23. The zero-order valence-corrected chi connectivity index (χ0v) is 13.3. The highest BCUT2D eigenvalue weighted by Gasteiger charge is 2.27. The van der Waals surface area contributed by atoms with Gasteiger partial charge in [-0.05, 0) is 24.1 Å². The first-order valence-corrected chi connectivity index (χ1v) is 7.76. The van der Waals surface area contributed by atoms with Gasteiger partial charge in [0, 0.05) is 7.05 Å². The van der Waals surface area contributed by atoms with E-state index in [9.17, 15) is 4.79 Å². The second kappa shape index (κ2) is 6.60. The van der Waals surface area contributed by atoms with Crippen molar-refractivity contribution in [2.75, 3.05) is 7.05 Å². The van der Waals surface area contributed by atoms with Crippen molar-refractivity contribution < 1.29 is 4.79 Å². The number of fused-ring (bicyclic) bond motifs is 1. The number of para-hydroxylation sites is 1. The Hall–Kier alpha value is -2.69. The van der Waals surface area contributed by atoms with Gasteiger partial charge in [-0.2, -0.15) is 0 Å². The van der Waals surface area contributed by atoms with Gasteiger partial charge in [0.2, 0.25) is 5.91 Å². The van der Waals surface area contributed by atoms with Crippen LogP contribution in [0.5, 0.6) is 0 Å². The van der Waals surface area contributed by atoms with E-state index in [1.165, 1.54) is 5.56 Å². The Kier molecular flexibility index (Phi) is 4.37. The first-order chi connectivity index (χ1) is 11.2. The lowest BCUT2D eigenvalue weighted by atomic mass is 9.94. The number of amides is 1. The fourth-order valence-electron chi connectivity index (χ4n) is 2.87. The molecule has 5 nitrogen and oxygen atoms in total. The molecule has 5 heteroatoms. The fraction of sp³-hybridized carbons (Fsp3) is 0.278. The molecule has 1 N–H and O–H groups in total. The quantitative estimate of drug-likeness (QED) is 0.788. The van der Waals surface area contributed by atoms with E-state index in [4.69, 9.17) is 0 Å². The van der Waals surface area contributed by atoms with Crippen LogP contribution in [-0.4, -0.2) is 27.9 Å². The predicted molar refractivity (Wildman–Crippen MR) is 89.9 cm³/mol. The van der Waals surface area contributed by atoms with E-state index >= 15 is 0 Å². The van der Waals surface area contributed by atoms with Crippen molar-refractivity contribution in [3.63, 3.8) is 0 Å². The summed E-state index contributed by atoms with van der Waals surface area (Å²) in [5.74, 6) is -0.212. The minimum Gasteiger partial charge on any atom is -0.359 e. The van der Waals surface area contributed by atoms with E-state index in [-0.39, 0.29) is 17.9 Å². The van der Waals surface area contributed by atoms with E-state index in [0.717, 1.165) is 17.5 Å². The minimum atomic E-state index is -0.217. The van der Waals surface area contributed by atoms with Crippen LogP contribution < -0.4 is 5.32 Å². The lowest BCUT2D eigenvalue weighted by molar-refractivity contribution is -0.125. The van der Waals surface area contributed by atoms with E-state index < -0.39 is 0 Å². The Bertz CT molecular complexity index is 797. The average molecular weight is 308 g/mol. The number of hydrogen-bond acceptors (Lipinski definition) is 3. The molecule has 0 spiro atoms. The average Bonchev–Trinajstić information content (AvgIpc) is 3.03. The second-order valence-corrected chi connectivity index (χ2v) is 5.68. The van der Waals surface area contributed by atoms with E-state index in [2.05, 4.69) is 27.8 Å². The van der Waals surface area contributed by atoms with Gasteiger partial charge in [-0.1, -0.05) is 54.6 Å². The molecular weight excluding hydrogens is 288 g/mol. The summed E-state index contributed by atoms with van der Waals surface area (Å²) in [5, 5.41) is 11.3. The van der Waals surface area contributed by atoms with E-state index in [0.29, 0.717) is 0 Å². The Morgan fingerprint density at radius 1 is 1.13 bits per heavy atom. The van der Waals surface area contributed by atoms with Crippen molar-refractivity contribution in [2.24, 2.45) is 5.92 Å². The summed E-state index contributed by atoms with van der Waals surface area (Å²) in [6.07, 6.45) is 0.725. The van der Waals surface area contributed by atoms with Crippen LogP contribution in [0.4, 0.5) is 0 Å². The largest absolute Gasteiger partial charge is 0.359 e. The number of benzene rings is 2. The molecule has 0 fully saturated rings. The van der Waals surface area contributed by atoms with E-state index in [1.807, 2.05) is 54.1 Å². The third-order valence-electron chi connectivity index (χ3n) is 4.22. The maximum absolute atomic E-state index is 12.2. The highest BCUT2D eigenvalue weighted by molar-refractivity contribution is 5.79. The number of rotatable bonds is 5. The Morgan fingerprint density at radius 2 is 1.83 bits per heavy atom. The predicted octanol–water partition coefficient (Wildman–Crippen LogP) is 2.60. The van der Waals surface area contributed by atoms with Crippen LogP contribution in [0, 0.1) is 5.92 Å². The van der Waals surface area contributed by atoms with Crippen LogP contribution in [0.3, 0.4) is 0 Å². The SMILES string of the molecule is CNC(=O)C(C)C(Cc1ccccc1)n1nnc2ccccc21. The van der Waals surface area contributed by atoms with Gasteiger partial charge in [0.05, 0.1) is 17.5 Å². The Morgan fingerprint density at radius 3 is 2.57 bits per heavy atom. The molecule has 0 aliphatic heterocycles. The molecule has 0 bridgehead atoms. The van der Waals surface area contributed by atoms with Gasteiger partial charge >= 0.3 is 0 Å². The van der Waals surface area contributed by atoms with Crippen LogP contribution in [0.15, 0.2) is 54.6 Å². The van der Waals surface area contributed by atoms with Crippen LogP contribution in [0.2, 0.25) is 0 Å². The second-order valence-electron chi connectivity index (χ2n) is 5.68. The van der Waals surface area contributed by atoms with Gasteiger partial charge in [-0.3, -0.25) is 4.79 Å². The molecular formula is C18H20N4O. The van der Waals surface area contributed by atoms with Crippen molar-refractivity contribution >= 4 is 16.9 Å². The summed E-state index contributed by atoms with van der Waals surface area (Å²) in [6, 6.07) is 17.9. The standard InChI is InChI=1S/C18H20N4O/c1-13(18(23)19-2)17(12-14-8-4-3-5-9-14)22-16-11-7-6-10-15(16)20-21-22/h3-11,13,17H,12H2,1-2H3,(H,19,23). The number of carbonyl (C=O) groups excluding carboxylic acids is 1. The Balaban J connectivity index is 2.02. The van der Waals surface area contributed by atoms with Gasteiger partial charge in [-0.25, -0.2) is 4.68 Å². The molecule has 2 atom stereocenters. The normalized spacial score (nSPS) is 13.7. The van der Waals surface area contributed by atoms with Crippen molar-refractivity contribution in [3.05, 3.63) is 60.2 Å². The molecule has 3 rings (SSSR count). The maximum atomic E-state index is 12.2. The zero-order chi connectivity index (χ0) is 16.2. The third-order valence-corrected chi connectivity index (χ3v) is 4.22. The molecule has 1 heterocycles. The summed E-state index contributed by atoms with van der Waals surface area (Å²) in [7, 11) is 1.66. The first kappa shape index (κ1) is 15.2. The number of nitrogens with zero attached hydrogens (tertiary/aromatic N) is 3. The molecule has 0 aliphatic carbocycles.